The van der Waals surface area contributed by atoms with Crippen LogP contribution in [-0.4, -0.2) is 40.5 Å². The second kappa shape index (κ2) is 8.82. The zero-order valence-electron chi connectivity index (χ0n) is 16.0. The molecule has 0 radical (unpaired) electrons. The molecule has 0 spiro atoms. The lowest BCUT2D eigenvalue weighted by Crippen LogP contribution is -2.41. The number of carbonyl (C=O) groups is 1. The summed E-state index contributed by atoms with van der Waals surface area (Å²) in [5.74, 6) is 0.949. The van der Waals surface area contributed by atoms with Crippen molar-refractivity contribution in [2.24, 2.45) is 0 Å². The van der Waals surface area contributed by atoms with Gasteiger partial charge in [0.05, 0.1) is 0 Å². The fraction of sp³-hybridized carbons (Fsp3) is 0.261. The molecule has 1 amide bonds. The zero-order valence-corrected chi connectivity index (χ0v) is 16.0. The van der Waals surface area contributed by atoms with Gasteiger partial charge in [0.25, 0.3) is 5.91 Å². The van der Waals surface area contributed by atoms with Crippen molar-refractivity contribution >= 4 is 5.91 Å². The zero-order chi connectivity index (χ0) is 20.1. The van der Waals surface area contributed by atoms with Crippen molar-refractivity contribution in [1.29, 1.82) is 0 Å². The largest absolute Gasteiger partial charge is 0.484 e. The molecule has 148 valence electrons. The van der Waals surface area contributed by atoms with Crippen LogP contribution in [0, 0.1) is 5.82 Å². The van der Waals surface area contributed by atoms with Crippen LogP contribution in [0.25, 0.3) is 11.4 Å². The van der Waals surface area contributed by atoms with Gasteiger partial charge in [0.15, 0.2) is 12.4 Å². The normalized spacial score (nSPS) is 16.4. The molecule has 4 rings (SSSR count). The number of hydrogen-bond donors (Lipinski definition) is 0. The molecule has 0 N–H and O–H groups in total. The molecule has 2 heterocycles. The SMILES string of the molecule is O=C(COc1ccc(F)cc1)N1CCC[C@@H](c2ccnc(-c3ccccc3)n2)C1. The second-order valence-electron chi connectivity index (χ2n) is 7.09. The number of halogens is 1. The summed E-state index contributed by atoms with van der Waals surface area (Å²) < 4.78 is 18.5. The van der Waals surface area contributed by atoms with Gasteiger partial charge in [-0.1, -0.05) is 30.3 Å². The highest BCUT2D eigenvalue weighted by Gasteiger charge is 2.26. The van der Waals surface area contributed by atoms with Gasteiger partial charge in [0.2, 0.25) is 0 Å². The number of carbonyl (C=O) groups excluding carboxylic acids is 1. The predicted molar refractivity (Wildman–Crippen MR) is 108 cm³/mol. The van der Waals surface area contributed by atoms with Crippen LogP contribution in [0.4, 0.5) is 4.39 Å². The van der Waals surface area contributed by atoms with Crippen LogP contribution < -0.4 is 4.74 Å². The van der Waals surface area contributed by atoms with Crippen molar-refractivity contribution in [3.05, 3.63) is 78.4 Å². The fourth-order valence-corrected chi connectivity index (χ4v) is 3.54. The third-order valence-electron chi connectivity index (χ3n) is 5.08. The standard InChI is InChI=1S/C23H22FN3O2/c24-19-8-10-20(11-9-19)29-16-22(28)27-14-4-7-18(15-27)21-12-13-25-23(26-21)17-5-2-1-3-6-17/h1-3,5-6,8-13,18H,4,7,14-16H2/t18-/m1/s1. The maximum atomic E-state index is 13.0. The van der Waals surface area contributed by atoms with Crippen molar-refractivity contribution in [2.45, 2.75) is 18.8 Å². The molecule has 1 aromatic heterocycles. The first kappa shape index (κ1) is 19.1. The number of likely N-dealkylation sites (tertiary alicyclic amines) is 1. The molecule has 0 saturated carbocycles. The van der Waals surface area contributed by atoms with Gasteiger partial charge >= 0.3 is 0 Å². The molecule has 0 bridgehead atoms. The van der Waals surface area contributed by atoms with E-state index in [0.29, 0.717) is 24.7 Å². The van der Waals surface area contributed by atoms with Crippen LogP contribution in [-0.2, 0) is 4.79 Å². The van der Waals surface area contributed by atoms with Gasteiger partial charge in [-0.3, -0.25) is 4.79 Å². The van der Waals surface area contributed by atoms with Gasteiger partial charge in [-0.05, 0) is 43.2 Å². The number of hydrogen-bond acceptors (Lipinski definition) is 4. The Hall–Kier alpha value is -3.28. The lowest BCUT2D eigenvalue weighted by molar-refractivity contribution is -0.134. The first-order valence-corrected chi connectivity index (χ1v) is 9.73. The van der Waals surface area contributed by atoms with Crippen molar-refractivity contribution < 1.29 is 13.9 Å². The summed E-state index contributed by atoms with van der Waals surface area (Å²) in [6.07, 6.45) is 3.68. The fourth-order valence-electron chi connectivity index (χ4n) is 3.54. The molecule has 0 aliphatic carbocycles. The highest BCUT2D eigenvalue weighted by Crippen LogP contribution is 2.27. The Labute approximate surface area is 169 Å². The minimum atomic E-state index is -0.331. The molecule has 3 aromatic rings. The van der Waals surface area contributed by atoms with Crippen molar-refractivity contribution in [2.75, 3.05) is 19.7 Å². The average molecular weight is 391 g/mol. The third kappa shape index (κ3) is 4.77. The van der Waals surface area contributed by atoms with E-state index in [4.69, 9.17) is 9.72 Å². The van der Waals surface area contributed by atoms with Crippen LogP contribution in [0.3, 0.4) is 0 Å². The van der Waals surface area contributed by atoms with Gasteiger partial charge in [0.1, 0.15) is 11.6 Å². The Balaban J connectivity index is 1.40. The van der Waals surface area contributed by atoms with E-state index in [-0.39, 0.29) is 24.2 Å². The molecule has 2 aromatic carbocycles. The highest BCUT2D eigenvalue weighted by molar-refractivity contribution is 5.78. The molecule has 1 atom stereocenters. The van der Waals surface area contributed by atoms with E-state index in [1.807, 2.05) is 41.3 Å². The first-order valence-electron chi connectivity index (χ1n) is 9.73. The van der Waals surface area contributed by atoms with E-state index in [9.17, 15) is 9.18 Å². The van der Waals surface area contributed by atoms with Gasteiger partial charge in [-0.2, -0.15) is 0 Å². The Morgan fingerprint density at radius 3 is 2.69 bits per heavy atom. The lowest BCUT2D eigenvalue weighted by atomic mass is 9.94. The quantitative estimate of drug-likeness (QED) is 0.658. The summed E-state index contributed by atoms with van der Waals surface area (Å²) in [7, 11) is 0. The predicted octanol–water partition coefficient (Wildman–Crippen LogP) is 4.07. The van der Waals surface area contributed by atoms with E-state index in [1.165, 1.54) is 24.3 Å². The van der Waals surface area contributed by atoms with Gasteiger partial charge in [-0.25, -0.2) is 14.4 Å². The number of aromatic nitrogens is 2. The summed E-state index contributed by atoms with van der Waals surface area (Å²) in [5, 5.41) is 0. The summed E-state index contributed by atoms with van der Waals surface area (Å²) >= 11 is 0. The maximum absolute atomic E-state index is 13.0. The van der Waals surface area contributed by atoms with Crippen molar-refractivity contribution in [1.82, 2.24) is 14.9 Å². The Morgan fingerprint density at radius 2 is 1.90 bits per heavy atom. The first-order chi connectivity index (χ1) is 14.2. The Morgan fingerprint density at radius 1 is 1.10 bits per heavy atom. The van der Waals surface area contributed by atoms with Crippen molar-refractivity contribution in [3.8, 4) is 17.1 Å². The number of nitrogens with zero attached hydrogens (tertiary/aromatic N) is 3. The summed E-state index contributed by atoms with van der Waals surface area (Å²) in [5.41, 5.74) is 1.93. The molecule has 1 aliphatic rings. The number of rotatable bonds is 5. The molecule has 1 aliphatic heterocycles. The average Bonchev–Trinajstić information content (AvgIpc) is 2.79. The van der Waals surface area contributed by atoms with Crippen LogP contribution in [0.1, 0.15) is 24.5 Å². The Kier molecular flexibility index (Phi) is 5.79. The number of amides is 1. The molecular formula is C23H22FN3O2. The summed E-state index contributed by atoms with van der Waals surface area (Å²) in [4.78, 5) is 23.6. The number of piperidine rings is 1. The molecule has 6 heteroatoms. The monoisotopic (exact) mass is 391 g/mol. The molecule has 29 heavy (non-hydrogen) atoms. The van der Waals surface area contributed by atoms with Crippen LogP contribution in [0.5, 0.6) is 5.75 Å². The minimum absolute atomic E-state index is 0.0581. The van der Waals surface area contributed by atoms with Gasteiger partial charge in [-0.15, -0.1) is 0 Å². The number of ether oxygens (including phenoxy) is 1. The van der Waals surface area contributed by atoms with Crippen LogP contribution in [0.2, 0.25) is 0 Å². The van der Waals surface area contributed by atoms with E-state index < -0.39 is 0 Å². The van der Waals surface area contributed by atoms with Gasteiger partial charge in [0, 0.05) is 36.5 Å². The molecule has 0 unspecified atom stereocenters. The lowest BCUT2D eigenvalue weighted by Gasteiger charge is -2.32. The molecular weight excluding hydrogens is 369 g/mol. The van der Waals surface area contributed by atoms with E-state index in [2.05, 4.69) is 4.98 Å². The summed E-state index contributed by atoms with van der Waals surface area (Å²) in [6.45, 7) is 1.26. The van der Waals surface area contributed by atoms with E-state index >= 15 is 0 Å². The second-order valence-corrected chi connectivity index (χ2v) is 7.09. The topological polar surface area (TPSA) is 55.3 Å². The van der Waals surface area contributed by atoms with E-state index in [1.54, 1.807) is 6.20 Å². The smallest absolute Gasteiger partial charge is 0.260 e. The van der Waals surface area contributed by atoms with Crippen molar-refractivity contribution in [3.63, 3.8) is 0 Å². The molecule has 5 nitrogen and oxygen atoms in total. The highest BCUT2D eigenvalue weighted by atomic mass is 19.1. The minimum Gasteiger partial charge on any atom is -0.484 e. The third-order valence-corrected chi connectivity index (χ3v) is 5.08. The number of benzene rings is 2. The van der Waals surface area contributed by atoms with E-state index in [0.717, 1.165) is 24.1 Å². The molecule has 1 fully saturated rings. The Bertz CT molecular complexity index is 963. The summed E-state index contributed by atoms with van der Waals surface area (Å²) in [6, 6.07) is 17.5. The maximum Gasteiger partial charge on any atom is 0.260 e. The molecule has 1 saturated heterocycles. The van der Waals surface area contributed by atoms with Gasteiger partial charge < -0.3 is 9.64 Å². The van der Waals surface area contributed by atoms with Crippen LogP contribution in [0.15, 0.2) is 66.9 Å². The van der Waals surface area contributed by atoms with Crippen LogP contribution >= 0.6 is 0 Å².